The number of rotatable bonds is 4. The van der Waals surface area contributed by atoms with Crippen molar-refractivity contribution in [2.45, 2.75) is 71.1 Å². The zero-order valence-electron chi connectivity index (χ0n) is 15.4. The summed E-state index contributed by atoms with van der Waals surface area (Å²) < 4.78 is 5.35. The second kappa shape index (κ2) is 8.83. The number of pyridine rings is 1. The van der Waals surface area contributed by atoms with Crippen molar-refractivity contribution in [3.05, 3.63) is 30.1 Å². The quantitative estimate of drug-likeness (QED) is 0.820. The number of hydrogen-bond donors (Lipinski definition) is 2. The number of aromatic nitrogens is 1. The summed E-state index contributed by atoms with van der Waals surface area (Å²) in [5.41, 5.74) is 0.460. The maximum atomic E-state index is 12.7. The van der Waals surface area contributed by atoms with Gasteiger partial charge in [-0.15, -0.1) is 0 Å². The van der Waals surface area contributed by atoms with Crippen molar-refractivity contribution in [1.29, 1.82) is 0 Å². The van der Waals surface area contributed by atoms with Gasteiger partial charge in [0.2, 0.25) is 5.91 Å². The van der Waals surface area contributed by atoms with Crippen LogP contribution in [0.3, 0.4) is 0 Å². The molecular formula is C19H29N3O3. The lowest BCUT2D eigenvalue weighted by molar-refractivity contribution is -0.126. The second-order valence-corrected chi connectivity index (χ2v) is 7.57. The zero-order chi connectivity index (χ0) is 18.3. The number of nitrogens with one attached hydrogen (secondary N) is 2. The molecule has 1 fully saturated rings. The number of nitrogens with zero attached hydrogens (tertiary/aromatic N) is 1. The van der Waals surface area contributed by atoms with Gasteiger partial charge in [0.1, 0.15) is 5.60 Å². The molecule has 6 nitrogen and oxygen atoms in total. The molecule has 2 N–H and O–H groups in total. The highest BCUT2D eigenvalue weighted by molar-refractivity contribution is 5.80. The lowest BCUT2D eigenvalue weighted by atomic mass is 9.93. The molecular weight excluding hydrogens is 318 g/mol. The molecule has 0 saturated heterocycles. The summed E-state index contributed by atoms with van der Waals surface area (Å²) in [6.07, 6.45) is 7.64. The fraction of sp³-hybridized carbons (Fsp3) is 0.632. The third kappa shape index (κ3) is 6.72. The summed E-state index contributed by atoms with van der Waals surface area (Å²) in [4.78, 5) is 28.8. The van der Waals surface area contributed by atoms with E-state index in [9.17, 15) is 9.59 Å². The molecule has 1 aromatic rings. The SMILES string of the molecule is CC(C)(C)OC(=O)N[C@H]1CCCCC[C@H]1C(=O)NCc1ccncc1. The van der Waals surface area contributed by atoms with Crippen molar-refractivity contribution in [3.63, 3.8) is 0 Å². The summed E-state index contributed by atoms with van der Waals surface area (Å²) in [7, 11) is 0. The Bertz CT molecular complexity index is 569. The second-order valence-electron chi connectivity index (χ2n) is 7.57. The summed E-state index contributed by atoms with van der Waals surface area (Å²) in [6.45, 7) is 5.97. The molecule has 0 spiro atoms. The van der Waals surface area contributed by atoms with E-state index in [1.807, 2.05) is 32.9 Å². The first kappa shape index (κ1) is 19.2. The van der Waals surface area contributed by atoms with Crippen LogP contribution in [-0.4, -0.2) is 28.6 Å². The largest absolute Gasteiger partial charge is 0.444 e. The van der Waals surface area contributed by atoms with Gasteiger partial charge in [-0.05, 0) is 51.3 Å². The van der Waals surface area contributed by atoms with Gasteiger partial charge < -0.3 is 15.4 Å². The van der Waals surface area contributed by atoms with Gasteiger partial charge in [0.15, 0.2) is 0 Å². The van der Waals surface area contributed by atoms with Crippen LogP contribution in [0.4, 0.5) is 4.79 Å². The van der Waals surface area contributed by atoms with Crippen LogP contribution in [0.25, 0.3) is 0 Å². The van der Waals surface area contributed by atoms with Crippen molar-refractivity contribution in [2.75, 3.05) is 0 Å². The fourth-order valence-corrected chi connectivity index (χ4v) is 3.07. The molecule has 25 heavy (non-hydrogen) atoms. The third-order valence-corrected chi connectivity index (χ3v) is 4.27. The number of carbonyl (C=O) groups excluding carboxylic acids is 2. The Hall–Kier alpha value is -2.11. The Morgan fingerprint density at radius 3 is 2.52 bits per heavy atom. The topological polar surface area (TPSA) is 80.3 Å². The van der Waals surface area contributed by atoms with Gasteiger partial charge in [0.05, 0.1) is 5.92 Å². The minimum Gasteiger partial charge on any atom is -0.444 e. The summed E-state index contributed by atoms with van der Waals surface area (Å²) in [5.74, 6) is -0.239. The van der Waals surface area contributed by atoms with E-state index in [0.29, 0.717) is 6.54 Å². The smallest absolute Gasteiger partial charge is 0.407 e. The van der Waals surface area contributed by atoms with Gasteiger partial charge in [-0.25, -0.2) is 4.79 Å². The molecule has 0 aromatic carbocycles. The molecule has 0 unspecified atom stereocenters. The van der Waals surface area contributed by atoms with Crippen LogP contribution in [0.1, 0.15) is 58.4 Å². The monoisotopic (exact) mass is 347 g/mol. The fourth-order valence-electron chi connectivity index (χ4n) is 3.07. The molecule has 1 heterocycles. The summed E-state index contributed by atoms with van der Waals surface area (Å²) >= 11 is 0. The molecule has 0 aliphatic heterocycles. The normalized spacial score (nSPS) is 21.1. The van der Waals surface area contributed by atoms with Crippen molar-refractivity contribution in [1.82, 2.24) is 15.6 Å². The maximum Gasteiger partial charge on any atom is 0.407 e. The standard InChI is InChI=1S/C19H29N3O3/c1-19(2,3)25-18(24)22-16-8-6-4-5-7-15(16)17(23)21-13-14-9-11-20-12-10-14/h9-12,15-16H,4-8,13H2,1-3H3,(H,21,23)(H,22,24)/t15-,16+/m1/s1. The van der Waals surface area contributed by atoms with Gasteiger partial charge in [-0.1, -0.05) is 19.3 Å². The number of amides is 2. The van der Waals surface area contributed by atoms with E-state index in [2.05, 4.69) is 15.6 Å². The van der Waals surface area contributed by atoms with Gasteiger partial charge in [0, 0.05) is 25.0 Å². The minimum atomic E-state index is -0.548. The number of carbonyl (C=O) groups is 2. The van der Waals surface area contributed by atoms with Crippen molar-refractivity contribution >= 4 is 12.0 Å². The summed E-state index contributed by atoms with van der Waals surface area (Å²) in [5, 5.41) is 5.90. The molecule has 2 atom stereocenters. The van der Waals surface area contributed by atoms with E-state index in [1.165, 1.54) is 0 Å². The van der Waals surface area contributed by atoms with Gasteiger partial charge in [-0.3, -0.25) is 9.78 Å². The minimum absolute atomic E-state index is 0.0141. The molecule has 1 aromatic heterocycles. The van der Waals surface area contributed by atoms with Gasteiger partial charge >= 0.3 is 6.09 Å². The van der Waals surface area contributed by atoms with E-state index >= 15 is 0 Å². The maximum absolute atomic E-state index is 12.7. The molecule has 2 rings (SSSR count). The number of alkyl carbamates (subject to hydrolysis) is 1. The average Bonchev–Trinajstić information content (AvgIpc) is 2.77. The first-order valence-electron chi connectivity index (χ1n) is 9.01. The van der Waals surface area contributed by atoms with Crippen molar-refractivity contribution in [3.8, 4) is 0 Å². The molecule has 0 radical (unpaired) electrons. The Morgan fingerprint density at radius 1 is 1.16 bits per heavy atom. The average molecular weight is 347 g/mol. The molecule has 0 bridgehead atoms. The molecule has 2 amide bonds. The molecule has 6 heteroatoms. The van der Waals surface area contributed by atoms with Gasteiger partial charge in [-0.2, -0.15) is 0 Å². The molecule has 138 valence electrons. The van der Waals surface area contributed by atoms with Crippen LogP contribution in [0.5, 0.6) is 0 Å². The van der Waals surface area contributed by atoms with Crippen LogP contribution < -0.4 is 10.6 Å². The Balaban J connectivity index is 1.96. The first-order chi connectivity index (χ1) is 11.8. The highest BCUT2D eigenvalue weighted by Crippen LogP contribution is 2.24. The predicted octanol–water partition coefficient (Wildman–Crippen LogP) is 3.17. The van der Waals surface area contributed by atoms with Crippen LogP contribution in [0.2, 0.25) is 0 Å². The number of ether oxygens (including phenoxy) is 1. The Kier molecular flexibility index (Phi) is 6.79. The number of hydrogen-bond acceptors (Lipinski definition) is 4. The highest BCUT2D eigenvalue weighted by atomic mass is 16.6. The van der Waals surface area contributed by atoms with E-state index in [4.69, 9.17) is 4.74 Å². The van der Waals surface area contributed by atoms with E-state index in [1.54, 1.807) is 12.4 Å². The molecule has 1 saturated carbocycles. The Labute approximate surface area is 149 Å². The van der Waals surface area contributed by atoms with Crippen molar-refractivity contribution in [2.24, 2.45) is 5.92 Å². The van der Waals surface area contributed by atoms with E-state index < -0.39 is 11.7 Å². The highest BCUT2D eigenvalue weighted by Gasteiger charge is 2.31. The first-order valence-corrected chi connectivity index (χ1v) is 9.01. The Morgan fingerprint density at radius 2 is 1.84 bits per heavy atom. The molecule has 1 aliphatic rings. The summed E-state index contributed by atoms with van der Waals surface area (Å²) in [6, 6.07) is 3.57. The lowest BCUT2D eigenvalue weighted by Gasteiger charge is -2.27. The molecule has 1 aliphatic carbocycles. The van der Waals surface area contributed by atoms with Crippen molar-refractivity contribution < 1.29 is 14.3 Å². The zero-order valence-corrected chi connectivity index (χ0v) is 15.4. The van der Waals surface area contributed by atoms with E-state index in [0.717, 1.165) is 37.7 Å². The van der Waals surface area contributed by atoms with E-state index in [-0.39, 0.29) is 17.9 Å². The predicted molar refractivity (Wildman–Crippen MR) is 95.8 cm³/mol. The van der Waals surface area contributed by atoms with Crippen LogP contribution >= 0.6 is 0 Å². The van der Waals surface area contributed by atoms with Crippen LogP contribution in [-0.2, 0) is 16.1 Å². The van der Waals surface area contributed by atoms with Gasteiger partial charge in [0.25, 0.3) is 0 Å². The van der Waals surface area contributed by atoms with Crippen LogP contribution in [0, 0.1) is 5.92 Å². The third-order valence-electron chi connectivity index (χ3n) is 4.27. The van der Waals surface area contributed by atoms with Crippen LogP contribution in [0.15, 0.2) is 24.5 Å². The lowest BCUT2D eigenvalue weighted by Crippen LogP contribution is -2.47.